The number of aromatic nitrogens is 3. The summed E-state index contributed by atoms with van der Waals surface area (Å²) in [7, 11) is 0. The number of rotatable bonds is 3. The lowest BCUT2D eigenvalue weighted by Gasteiger charge is -2.47. The topological polar surface area (TPSA) is 89.5 Å². The molecule has 2 aromatic rings. The number of ether oxygens (including phenoxy) is 2. The lowest BCUT2D eigenvalue weighted by Crippen LogP contribution is -2.57. The number of pyridine rings is 1. The van der Waals surface area contributed by atoms with E-state index in [1.807, 2.05) is 6.07 Å². The molecule has 1 amide bonds. The molecule has 8 heteroatoms. The molecule has 0 radical (unpaired) electrons. The van der Waals surface area contributed by atoms with Crippen molar-refractivity contribution in [1.29, 1.82) is 0 Å². The standard InChI is InChI=1S/C22H29N5O3/c1-21(2)13-27(14-22(3,4)30-21)19-12-16(15-7-10-29-11-8-17(15)24-19)20(28)25-18-6-5-9-23-26-18/h5-6,9,12H,7-8,10-11,13-14H2,1-4H3,(H,25,26,28). The minimum Gasteiger partial charge on any atom is -0.381 e. The molecule has 0 aromatic carbocycles. The molecule has 1 saturated heterocycles. The van der Waals surface area contributed by atoms with Gasteiger partial charge in [0.05, 0.1) is 24.4 Å². The van der Waals surface area contributed by atoms with E-state index in [-0.39, 0.29) is 17.1 Å². The molecule has 1 N–H and O–H groups in total. The Hall–Kier alpha value is -2.58. The van der Waals surface area contributed by atoms with E-state index >= 15 is 0 Å². The molecule has 8 nitrogen and oxygen atoms in total. The van der Waals surface area contributed by atoms with Crippen LogP contribution in [0.1, 0.15) is 49.3 Å². The molecule has 0 aliphatic carbocycles. The number of nitrogens with zero attached hydrogens (tertiary/aromatic N) is 4. The molecule has 1 fully saturated rings. The first-order valence-electron chi connectivity index (χ1n) is 10.4. The van der Waals surface area contributed by atoms with E-state index in [0.29, 0.717) is 50.5 Å². The molecule has 160 valence electrons. The Balaban J connectivity index is 1.73. The highest BCUT2D eigenvalue weighted by Crippen LogP contribution is 2.32. The van der Waals surface area contributed by atoms with Crippen LogP contribution in [0, 0.1) is 0 Å². The van der Waals surface area contributed by atoms with Crippen molar-refractivity contribution in [2.24, 2.45) is 0 Å². The average Bonchev–Trinajstić information content (AvgIpc) is 2.91. The number of fused-ring (bicyclic) bond motifs is 1. The van der Waals surface area contributed by atoms with Crippen molar-refractivity contribution >= 4 is 17.5 Å². The number of amides is 1. The van der Waals surface area contributed by atoms with Gasteiger partial charge in [0.2, 0.25) is 0 Å². The first kappa shape index (κ1) is 20.7. The van der Waals surface area contributed by atoms with Crippen LogP contribution in [0.15, 0.2) is 24.4 Å². The second kappa shape index (κ2) is 7.92. The second-order valence-corrected chi connectivity index (χ2v) is 9.11. The molecule has 0 atom stereocenters. The third-order valence-corrected chi connectivity index (χ3v) is 5.25. The average molecular weight is 412 g/mol. The normalized spacial score (nSPS) is 20.2. The summed E-state index contributed by atoms with van der Waals surface area (Å²) in [4.78, 5) is 20.4. The van der Waals surface area contributed by atoms with Gasteiger partial charge in [-0.1, -0.05) is 0 Å². The number of anilines is 2. The Morgan fingerprint density at radius 3 is 2.57 bits per heavy atom. The summed E-state index contributed by atoms with van der Waals surface area (Å²) >= 11 is 0. The minimum absolute atomic E-state index is 0.205. The minimum atomic E-state index is -0.318. The third-order valence-electron chi connectivity index (χ3n) is 5.25. The van der Waals surface area contributed by atoms with E-state index in [1.54, 1.807) is 18.3 Å². The van der Waals surface area contributed by atoms with Gasteiger partial charge in [0.1, 0.15) is 5.82 Å². The first-order chi connectivity index (χ1) is 14.2. The van der Waals surface area contributed by atoms with E-state index in [1.165, 1.54) is 0 Å². The summed E-state index contributed by atoms with van der Waals surface area (Å²) in [5.41, 5.74) is 1.86. The highest BCUT2D eigenvalue weighted by atomic mass is 16.5. The molecule has 30 heavy (non-hydrogen) atoms. The maximum absolute atomic E-state index is 13.2. The molecule has 2 aromatic heterocycles. The summed E-state index contributed by atoms with van der Waals surface area (Å²) in [6.07, 6.45) is 2.92. The first-order valence-corrected chi connectivity index (χ1v) is 10.4. The maximum Gasteiger partial charge on any atom is 0.257 e. The lowest BCUT2D eigenvalue weighted by atomic mass is 9.97. The Morgan fingerprint density at radius 2 is 1.87 bits per heavy atom. The fourth-order valence-corrected chi connectivity index (χ4v) is 4.41. The number of carbonyl (C=O) groups is 1. The molecule has 2 aliphatic rings. The number of morpholine rings is 1. The number of nitrogens with one attached hydrogen (secondary N) is 1. The predicted octanol–water partition coefficient (Wildman–Crippen LogP) is 2.63. The van der Waals surface area contributed by atoms with Crippen LogP contribution in [0.25, 0.3) is 0 Å². The molecule has 4 heterocycles. The van der Waals surface area contributed by atoms with Crippen LogP contribution >= 0.6 is 0 Å². The summed E-state index contributed by atoms with van der Waals surface area (Å²) in [5, 5.41) is 10.7. The molecular formula is C22H29N5O3. The van der Waals surface area contributed by atoms with Crippen LogP contribution in [0.3, 0.4) is 0 Å². The van der Waals surface area contributed by atoms with Crippen LogP contribution in [0.4, 0.5) is 11.6 Å². The molecule has 0 spiro atoms. The van der Waals surface area contributed by atoms with Crippen molar-refractivity contribution in [3.8, 4) is 0 Å². The van der Waals surface area contributed by atoms with Crippen LogP contribution in [-0.2, 0) is 22.3 Å². The molecule has 0 bridgehead atoms. The number of hydrogen-bond donors (Lipinski definition) is 1. The fraction of sp³-hybridized carbons (Fsp3) is 0.545. The van der Waals surface area contributed by atoms with Crippen molar-refractivity contribution < 1.29 is 14.3 Å². The SMILES string of the molecule is CC1(C)CN(c2cc(C(=O)Nc3cccnn3)c3c(n2)CCOCC3)CC(C)(C)O1. The van der Waals surface area contributed by atoms with Crippen LogP contribution in [0.5, 0.6) is 0 Å². The van der Waals surface area contributed by atoms with Gasteiger partial charge in [0.25, 0.3) is 5.91 Å². The molecule has 0 saturated carbocycles. The van der Waals surface area contributed by atoms with Crippen molar-refractivity contribution in [2.45, 2.75) is 51.7 Å². The maximum atomic E-state index is 13.2. The van der Waals surface area contributed by atoms with Crippen LogP contribution < -0.4 is 10.2 Å². The summed E-state index contributed by atoms with van der Waals surface area (Å²) in [5.74, 6) is 1.02. The monoisotopic (exact) mass is 411 g/mol. The van der Waals surface area contributed by atoms with Gasteiger partial charge in [0.15, 0.2) is 5.82 Å². The molecule has 2 aliphatic heterocycles. The summed E-state index contributed by atoms with van der Waals surface area (Å²) < 4.78 is 11.9. The van der Waals surface area contributed by atoms with E-state index in [0.717, 1.165) is 17.1 Å². The van der Waals surface area contributed by atoms with Crippen LogP contribution in [0.2, 0.25) is 0 Å². The predicted molar refractivity (Wildman–Crippen MR) is 114 cm³/mol. The Labute approximate surface area is 177 Å². The Bertz CT molecular complexity index is 914. The Morgan fingerprint density at radius 1 is 1.13 bits per heavy atom. The van der Waals surface area contributed by atoms with Crippen molar-refractivity contribution in [2.75, 3.05) is 36.5 Å². The summed E-state index contributed by atoms with van der Waals surface area (Å²) in [6.45, 7) is 10.9. The highest BCUT2D eigenvalue weighted by Gasteiger charge is 2.39. The zero-order valence-corrected chi connectivity index (χ0v) is 18.1. The number of carbonyl (C=O) groups excluding carboxylic acids is 1. The van der Waals surface area contributed by atoms with Gasteiger partial charge >= 0.3 is 0 Å². The van der Waals surface area contributed by atoms with E-state index < -0.39 is 0 Å². The summed E-state index contributed by atoms with van der Waals surface area (Å²) in [6, 6.07) is 5.36. The van der Waals surface area contributed by atoms with Gasteiger partial charge in [-0.15, -0.1) is 5.10 Å². The largest absolute Gasteiger partial charge is 0.381 e. The molecule has 4 rings (SSSR count). The lowest BCUT2D eigenvalue weighted by molar-refractivity contribution is -0.133. The van der Waals surface area contributed by atoms with E-state index in [2.05, 4.69) is 48.1 Å². The van der Waals surface area contributed by atoms with Gasteiger partial charge in [-0.2, -0.15) is 5.10 Å². The zero-order chi connectivity index (χ0) is 21.4. The van der Waals surface area contributed by atoms with Crippen molar-refractivity contribution in [3.05, 3.63) is 41.2 Å². The highest BCUT2D eigenvalue weighted by molar-refractivity contribution is 6.05. The molecular weight excluding hydrogens is 382 g/mol. The van der Waals surface area contributed by atoms with Crippen molar-refractivity contribution in [1.82, 2.24) is 15.2 Å². The van der Waals surface area contributed by atoms with Crippen LogP contribution in [-0.4, -0.2) is 58.6 Å². The molecule has 0 unspecified atom stereocenters. The van der Waals surface area contributed by atoms with E-state index in [9.17, 15) is 4.79 Å². The van der Waals surface area contributed by atoms with Gasteiger partial charge in [-0.05, 0) is 57.9 Å². The second-order valence-electron chi connectivity index (χ2n) is 9.11. The zero-order valence-electron chi connectivity index (χ0n) is 18.1. The fourth-order valence-electron chi connectivity index (χ4n) is 4.41. The Kier molecular flexibility index (Phi) is 5.46. The van der Waals surface area contributed by atoms with Gasteiger partial charge in [0, 0.05) is 37.0 Å². The van der Waals surface area contributed by atoms with E-state index in [4.69, 9.17) is 14.5 Å². The quantitative estimate of drug-likeness (QED) is 0.830. The van der Waals surface area contributed by atoms with Gasteiger partial charge in [-0.3, -0.25) is 4.79 Å². The van der Waals surface area contributed by atoms with Gasteiger partial charge < -0.3 is 19.7 Å². The van der Waals surface area contributed by atoms with Gasteiger partial charge in [-0.25, -0.2) is 4.98 Å². The van der Waals surface area contributed by atoms with Crippen molar-refractivity contribution in [3.63, 3.8) is 0 Å². The number of hydrogen-bond acceptors (Lipinski definition) is 7. The smallest absolute Gasteiger partial charge is 0.257 e. The third kappa shape index (κ3) is 4.60.